The number of carbonyl (C=O) groups excluding carboxylic acids is 2. The number of amides is 3. The number of urea groups is 1. The van der Waals surface area contributed by atoms with Crippen molar-refractivity contribution in [2.45, 2.75) is 32.6 Å². The molecule has 2 N–H and O–H groups in total. The summed E-state index contributed by atoms with van der Waals surface area (Å²) in [6.07, 6.45) is 4.57. The van der Waals surface area contributed by atoms with Gasteiger partial charge < -0.3 is 15.5 Å². The molecule has 0 aliphatic carbocycles. The third-order valence-electron chi connectivity index (χ3n) is 2.63. The van der Waals surface area contributed by atoms with Crippen molar-refractivity contribution in [3.63, 3.8) is 0 Å². The highest BCUT2D eigenvalue weighted by Gasteiger charge is 2.20. The first kappa shape index (κ1) is 12.8. The SMILES string of the molecule is CCCCCCNC(=O)N1CCNC(=O)C1. The van der Waals surface area contributed by atoms with E-state index in [-0.39, 0.29) is 18.5 Å². The summed E-state index contributed by atoms with van der Waals surface area (Å²) >= 11 is 0. The molecule has 1 aliphatic heterocycles. The third-order valence-corrected chi connectivity index (χ3v) is 2.63. The molecule has 5 heteroatoms. The molecular formula is C11H21N3O2. The molecule has 0 aromatic rings. The topological polar surface area (TPSA) is 61.4 Å². The Bertz CT molecular complexity index is 243. The van der Waals surface area contributed by atoms with Gasteiger partial charge in [0.15, 0.2) is 0 Å². The highest BCUT2D eigenvalue weighted by Crippen LogP contribution is 1.98. The van der Waals surface area contributed by atoms with Gasteiger partial charge in [0, 0.05) is 19.6 Å². The minimum absolute atomic E-state index is 0.0765. The lowest BCUT2D eigenvalue weighted by Gasteiger charge is -2.26. The number of nitrogens with one attached hydrogen (secondary N) is 2. The van der Waals surface area contributed by atoms with Gasteiger partial charge >= 0.3 is 6.03 Å². The van der Waals surface area contributed by atoms with Crippen molar-refractivity contribution < 1.29 is 9.59 Å². The van der Waals surface area contributed by atoms with Crippen molar-refractivity contribution in [3.05, 3.63) is 0 Å². The Morgan fingerprint density at radius 3 is 2.94 bits per heavy atom. The van der Waals surface area contributed by atoms with Crippen LogP contribution in [-0.2, 0) is 4.79 Å². The second-order valence-corrected chi connectivity index (χ2v) is 4.06. The van der Waals surface area contributed by atoms with E-state index in [4.69, 9.17) is 0 Å². The van der Waals surface area contributed by atoms with E-state index in [1.54, 1.807) is 4.90 Å². The van der Waals surface area contributed by atoms with E-state index in [1.165, 1.54) is 12.8 Å². The van der Waals surface area contributed by atoms with Crippen molar-refractivity contribution in [2.24, 2.45) is 0 Å². The lowest BCUT2D eigenvalue weighted by Crippen LogP contribution is -2.53. The van der Waals surface area contributed by atoms with Crippen LogP contribution in [-0.4, -0.2) is 43.0 Å². The van der Waals surface area contributed by atoms with Gasteiger partial charge in [0.25, 0.3) is 0 Å². The van der Waals surface area contributed by atoms with Gasteiger partial charge in [-0.15, -0.1) is 0 Å². The monoisotopic (exact) mass is 227 g/mol. The van der Waals surface area contributed by atoms with Gasteiger partial charge in [0.2, 0.25) is 5.91 Å². The van der Waals surface area contributed by atoms with Crippen molar-refractivity contribution >= 4 is 11.9 Å². The molecule has 0 saturated carbocycles. The van der Waals surface area contributed by atoms with Crippen LogP contribution < -0.4 is 10.6 Å². The van der Waals surface area contributed by atoms with Gasteiger partial charge in [0.1, 0.15) is 6.54 Å². The smallest absolute Gasteiger partial charge is 0.317 e. The Labute approximate surface area is 96.6 Å². The van der Waals surface area contributed by atoms with Gasteiger partial charge in [0.05, 0.1) is 0 Å². The van der Waals surface area contributed by atoms with E-state index in [1.807, 2.05) is 0 Å². The van der Waals surface area contributed by atoms with Gasteiger partial charge in [-0.05, 0) is 6.42 Å². The zero-order valence-corrected chi connectivity index (χ0v) is 9.92. The van der Waals surface area contributed by atoms with Gasteiger partial charge in [-0.1, -0.05) is 26.2 Å². The van der Waals surface area contributed by atoms with E-state index in [0.717, 1.165) is 12.8 Å². The molecule has 5 nitrogen and oxygen atoms in total. The van der Waals surface area contributed by atoms with E-state index in [9.17, 15) is 9.59 Å². The normalized spacial score (nSPS) is 15.8. The highest BCUT2D eigenvalue weighted by atomic mass is 16.2. The molecule has 0 radical (unpaired) electrons. The van der Waals surface area contributed by atoms with Crippen molar-refractivity contribution in [2.75, 3.05) is 26.2 Å². The summed E-state index contributed by atoms with van der Waals surface area (Å²) in [6.45, 7) is 4.21. The van der Waals surface area contributed by atoms with E-state index >= 15 is 0 Å². The Hall–Kier alpha value is -1.26. The fourth-order valence-electron chi connectivity index (χ4n) is 1.67. The largest absolute Gasteiger partial charge is 0.353 e. The van der Waals surface area contributed by atoms with Crippen LogP contribution in [0.4, 0.5) is 4.79 Å². The minimum atomic E-state index is -0.119. The molecule has 0 bridgehead atoms. The van der Waals surface area contributed by atoms with Crippen LogP contribution in [0.5, 0.6) is 0 Å². The Morgan fingerprint density at radius 1 is 1.44 bits per heavy atom. The minimum Gasteiger partial charge on any atom is -0.353 e. The Morgan fingerprint density at radius 2 is 2.25 bits per heavy atom. The van der Waals surface area contributed by atoms with Crippen LogP contribution in [0.2, 0.25) is 0 Å². The number of hydrogen-bond acceptors (Lipinski definition) is 2. The van der Waals surface area contributed by atoms with Crippen molar-refractivity contribution in [1.82, 2.24) is 15.5 Å². The maximum atomic E-state index is 11.6. The maximum absolute atomic E-state index is 11.6. The van der Waals surface area contributed by atoms with Gasteiger partial charge in [-0.3, -0.25) is 4.79 Å². The molecule has 16 heavy (non-hydrogen) atoms. The standard InChI is InChI=1S/C11H21N3O2/c1-2-3-4-5-6-13-11(16)14-8-7-12-10(15)9-14/h2-9H2,1H3,(H,12,15)(H,13,16). The maximum Gasteiger partial charge on any atom is 0.317 e. The summed E-state index contributed by atoms with van der Waals surface area (Å²) in [7, 11) is 0. The third kappa shape index (κ3) is 4.51. The first-order valence-electron chi connectivity index (χ1n) is 6.03. The van der Waals surface area contributed by atoms with Crippen molar-refractivity contribution in [1.29, 1.82) is 0 Å². The molecule has 1 saturated heterocycles. The molecule has 0 unspecified atom stereocenters. The van der Waals surface area contributed by atoms with Crippen LogP contribution in [0.15, 0.2) is 0 Å². The van der Waals surface area contributed by atoms with Crippen LogP contribution in [0.1, 0.15) is 32.6 Å². The second-order valence-electron chi connectivity index (χ2n) is 4.06. The van der Waals surface area contributed by atoms with Crippen LogP contribution in [0.3, 0.4) is 0 Å². The van der Waals surface area contributed by atoms with Gasteiger partial charge in [-0.25, -0.2) is 4.79 Å². The summed E-state index contributed by atoms with van der Waals surface area (Å²) in [5, 5.41) is 5.53. The summed E-state index contributed by atoms with van der Waals surface area (Å²) in [6, 6.07) is -0.119. The molecule has 1 rings (SSSR count). The fourth-order valence-corrected chi connectivity index (χ4v) is 1.67. The highest BCUT2D eigenvalue weighted by molar-refractivity contribution is 5.85. The molecular weight excluding hydrogens is 206 g/mol. The van der Waals surface area contributed by atoms with Crippen LogP contribution >= 0.6 is 0 Å². The van der Waals surface area contributed by atoms with Crippen LogP contribution in [0, 0.1) is 0 Å². The number of piperazine rings is 1. The lowest BCUT2D eigenvalue weighted by atomic mass is 10.2. The zero-order chi connectivity index (χ0) is 11.8. The summed E-state index contributed by atoms with van der Waals surface area (Å²) in [5.41, 5.74) is 0. The zero-order valence-electron chi connectivity index (χ0n) is 9.92. The molecule has 1 aliphatic rings. The molecule has 0 spiro atoms. The summed E-state index contributed by atoms with van der Waals surface area (Å²) in [4.78, 5) is 24.2. The Kier molecular flexibility index (Phi) is 5.67. The summed E-state index contributed by atoms with van der Waals surface area (Å²) in [5.74, 6) is -0.0765. The second kappa shape index (κ2) is 7.09. The quantitative estimate of drug-likeness (QED) is 0.679. The lowest BCUT2D eigenvalue weighted by molar-refractivity contribution is -0.123. The number of carbonyl (C=O) groups is 2. The number of nitrogens with zero attached hydrogens (tertiary/aromatic N) is 1. The first-order chi connectivity index (χ1) is 7.74. The molecule has 0 aromatic carbocycles. The molecule has 0 atom stereocenters. The summed E-state index contributed by atoms with van der Waals surface area (Å²) < 4.78 is 0. The molecule has 1 heterocycles. The predicted molar refractivity (Wildman–Crippen MR) is 62.1 cm³/mol. The molecule has 92 valence electrons. The van der Waals surface area contributed by atoms with E-state index in [2.05, 4.69) is 17.6 Å². The average Bonchev–Trinajstić information content (AvgIpc) is 2.28. The van der Waals surface area contributed by atoms with Crippen LogP contribution in [0.25, 0.3) is 0 Å². The van der Waals surface area contributed by atoms with E-state index < -0.39 is 0 Å². The fraction of sp³-hybridized carbons (Fsp3) is 0.818. The average molecular weight is 227 g/mol. The molecule has 3 amide bonds. The predicted octanol–water partition coefficient (Wildman–Crippen LogP) is 0.708. The van der Waals surface area contributed by atoms with Gasteiger partial charge in [-0.2, -0.15) is 0 Å². The van der Waals surface area contributed by atoms with E-state index in [0.29, 0.717) is 19.6 Å². The molecule has 1 fully saturated rings. The number of rotatable bonds is 5. The first-order valence-corrected chi connectivity index (χ1v) is 6.03. The van der Waals surface area contributed by atoms with Crippen molar-refractivity contribution in [3.8, 4) is 0 Å². The number of unbranched alkanes of at least 4 members (excludes halogenated alkanes) is 3. The number of hydrogen-bond donors (Lipinski definition) is 2. The Balaban J connectivity index is 2.11. The molecule has 0 aromatic heterocycles.